The van der Waals surface area contributed by atoms with Crippen LogP contribution in [0.3, 0.4) is 0 Å². The van der Waals surface area contributed by atoms with E-state index in [9.17, 15) is 43.9 Å². The van der Waals surface area contributed by atoms with Crippen molar-refractivity contribution < 1.29 is 52.9 Å². The molecule has 0 spiro atoms. The van der Waals surface area contributed by atoms with Crippen LogP contribution in [0.5, 0.6) is 0 Å². The van der Waals surface area contributed by atoms with E-state index in [1.165, 1.54) is 44.3 Å². The monoisotopic (exact) mass is 683 g/mol. The molecule has 1 aliphatic heterocycles. The molecular formula is C27H29N3O12S3. The molecule has 2 aromatic carbocycles. The van der Waals surface area contributed by atoms with Crippen molar-refractivity contribution in [3.8, 4) is 22.5 Å². The molecule has 4 rings (SSSR count). The van der Waals surface area contributed by atoms with E-state index in [2.05, 4.69) is 0 Å². The second-order valence-electron chi connectivity index (χ2n) is 9.44. The number of nitrogens with one attached hydrogen (secondary N) is 1. The lowest BCUT2D eigenvalue weighted by Gasteiger charge is -2.22. The Labute approximate surface area is 258 Å². The van der Waals surface area contributed by atoms with Crippen molar-refractivity contribution >= 4 is 58.7 Å². The lowest BCUT2D eigenvalue weighted by atomic mass is 9.89. The Morgan fingerprint density at radius 1 is 0.889 bits per heavy atom. The van der Waals surface area contributed by atoms with Crippen LogP contribution < -0.4 is 11.1 Å². The number of rotatable bonds is 8. The molecule has 15 nitrogen and oxygen atoms in total. The molecule has 2 aromatic rings. The summed E-state index contributed by atoms with van der Waals surface area (Å²) in [6, 6.07) is 8.36. The third-order valence-electron chi connectivity index (χ3n) is 6.47. The van der Waals surface area contributed by atoms with Gasteiger partial charge < -0.3 is 15.1 Å². The van der Waals surface area contributed by atoms with Gasteiger partial charge in [0.2, 0.25) is 0 Å². The van der Waals surface area contributed by atoms with Gasteiger partial charge in [0.15, 0.2) is 26.9 Å². The zero-order valence-corrected chi connectivity index (χ0v) is 26.7. The molecule has 45 heavy (non-hydrogen) atoms. The van der Waals surface area contributed by atoms with E-state index in [1.54, 1.807) is 0 Å². The zero-order valence-electron chi connectivity index (χ0n) is 24.2. The highest BCUT2D eigenvalue weighted by atomic mass is 32.2. The minimum absolute atomic E-state index is 0.0412. The quantitative estimate of drug-likeness (QED) is 0.0775. The first-order valence-corrected chi connectivity index (χ1v) is 17.4. The van der Waals surface area contributed by atoms with Crippen molar-refractivity contribution in [1.82, 2.24) is 4.90 Å². The predicted octanol–water partition coefficient (Wildman–Crippen LogP) is 2.95. The molecule has 0 unspecified atom stereocenters. The molecule has 1 aliphatic carbocycles. The molecule has 1 heterocycles. The molecule has 2 aliphatic rings. The normalized spacial score (nSPS) is 12.1. The average molecular weight is 684 g/mol. The maximum absolute atomic E-state index is 13.7. The third kappa shape index (κ3) is 7.21. The molecule has 0 radical (unpaired) electrons. The number of nitrogens with two attached hydrogens (primary N) is 1. The van der Waals surface area contributed by atoms with Gasteiger partial charge in [0.25, 0.3) is 36.3 Å². The second kappa shape index (κ2) is 12.7. The number of hydrogen-bond donors (Lipinski definition) is 5. The van der Waals surface area contributed by atoms with Gasteiger partial charge in [-0.15, -0.1) is 0 Å². The van der Waals surface area contributed by atoms with E-state index in [4.69, 9.17) is 20.1 Å². The highest BCUT2D eigenvalue weighted by Crippen LogP contribution is 2.45. The maximum Gasteiger partial charge on any atom is 0.300 e. The first-order valence-electron chi connectivity index (χ1n) is 12.9. The summed E-state index contributed by atoms with van der Waals surface area (Å²) in [4.78, 5) is 24.8. The number of fused-ring (bicyclic) bond motifs is 2. The summed E-state index contributed by atoms with van der Waals surface area (Å²) in [5.41, 5.74) is 4.15. The number of ketones is 1. The van der Waals surface area contributed by atoms with Gasteiger partial charge in [-0.05, 0) is 42.8 Å². The van der Waals surface area contributed by atoms with Crippen molar-refractivity contribution in [1.29, 1.82) is 5.41 Å². The first kappa shape index (κ1) is 35.3. The van der Waals surface area contributed by atoms with Gasteiger partial charge in [-0.3, -0.25) is 28.7 Å². The number of Topliss-reactive ketones (excluding diaryl/α,β-unsaturated/α-hetero) is 1. The lowest BCUT2D eigenvalue weighted by molar-refractivity contribution is 0.0803. The Morgan fingerprint density at radius 3 is 2.00 bits per heavy atom. The van der Waals surface area contributed by atoms with Crippen LogP contribution in [0.4, 0.5) is 5.69 Å². The predicted molar refractivity (Wildman–Crippen MR) is 163 cm³/mol. The Balaban J connectivity index is 0.00000271. The molecule has 18 heteroatoms. The van der Waals surface area contributed by atoms with Crippen LogP contribution in [0.15, 0.2) is 56.7 Å². The van der Waals surface area contributed by atoms with Gasteiger partial charge in [-0.25, -0.2) is 0 Å². The van der Waals surface area contributed by atoms with Gasteiger partial charge in [0.05, 0.1) is 16.8 Å². The summed E-state index contributed by atoms with van der Waals surface area (Å²) in [5.74, 6) is -2.87. The van der Waals surface area contributed by atoms with E-state index < -0.39 is 86.5 Å². The number of nitrogen functional groups attached to an aromatic ring is 1. The highest BCUT2D eigenvalue weighted by molar-refractivity contribution is 7.86. The maximum atomic E-state index is 13.7. The van der Waals surface area contributed by atoms with Crippen molar-refractivity contribution in [3.05, 3.63) is 58.9 Å². The Morgan fingerprint density at radius 2 is 1.47 bits per heavy atom. The smallest absolute Gasteiger partial charge is 0.300 e. The van der Waals surface area contributed by atoms with Gasteiger partial charge >= 0.3 is 0 Å². The van der Waals surface area contributed by atoms with Crippen molar-refractivity contribution in [2.24, 2.45) is 0 Å². The molecule has 6 N–H and O–H groups in total. The number of carbonyl (C=O) groups excluding carboxylic acids is 2. The van der Waals surface area contributed by atoms with Crippen LogP contribution in [-0.4, -0.2) is 74.8 Å². The molecule has 242 valence electrons. The fourth-order valence-electron chi connectivity index (χ4n) is 4.51. The van der Waals surface area contributed by atoms with Crippen LogP contribution >= 0.6 is 0 Å². The summed E-state index contributed by atoms with van der Waals surface area (Å²) in [7, 11) is -13.6. The molecule has 0 atom stereocenters. The number of carbonyl (C=O) groups is 2. The minimum atomic E-state index is -5.19. The first-order chi connectivity index (χ1) is 20.7. The summed E-state index contributed by atoms with van der Waals surface area (Å²) < 4.78 is 107. The van der Waals surface area contributed by atoms with Gasteiger partial charge in [0, 0.05) is 41.2 Å². The molecular weight excluding hydrogens is 655 g/mol. The van der Waals surface area contributed by atoms with E-state index in [1.807, 2.05) is 13.8 Å². The number of nitrogens with zero attached hydrogens (tertiary/aromatic N) is 1. The minimum Gasteiger partial charge on any atom is -0.453 e. The van der Waals surface area contributed by atoms with Crippen LogP contribution in [0.2, 0.25) is 0 Å². The van der Waals surface area contributed by atoms with E-state index in [0.717, 1.165) is 17.0 Å². The summed E-state index contributed by atoms with van der Waals surface area (Å²) in [5, 5.41) is 7.22. The molecule has 0 aromatic heterocycles. The van der Waals surface area contributed by atoms with Crippen molar-refractivity contribution in [3.63, 3.8) is 0 Å². The van der Waals surface area contributed by atoms with Gasteiger partial charge in [-0.1, -0.05) is 26.0 Å². The number of anilines is 1. The topological polar surface area (TPSA) is 264 Å². The molecule has 0 saturated carbocycles. The van der Waals surface area contributed by atoms with Crippen molar-refractivity contribution in [2.75, 3.05) is 25.1 Å². The Kier molecular flexibility index (Phi) is 9.92. The van der Waals surface area contributed by atoms with Crippen LogP contribution in [-0.2, 0) is 30.4 Å². The molecule has 1 amide bonds. The number of benzene rings is 3. The standard InChI is InChI=1S/C25H23N3O12S3.C2H6/c1-12(29)13-3-4-14(17(11-13)25(30)28(2)9-10-41(31,32)33)20-15-5-7-18(26)23(42(34,35)36)21(15)40-22-16(20)6-8-19(27)24(22)43(37,38)39;1-2/h3-8,11,26H,9-10,27H2,1-2H3,(H,31,32,33)(H,34,35,36)(H,37,38,39);1-2H3. The Bertz CT molecular complexity index is 2210. The van der Waals surface area contributed by atoms with Crippen molar-refractivity contribution in [2.45, 2.75) is 30.6 Å². The van der Waals surface area contributed by atoms with E-state index in [0.29, 0.717) is 0 Å². The average Bonchev–Trinajstić information content (AvgIpc) is 2.93. The number of hydrogen-bond acceptors (Lipinski definition) is 11. The van der Waals surface area contributed by atoms with Gasteiger partial charge in [0.1, 0.15) is 0 Å². The van der Waals surface area contributed by atoms with Gasteiger partial charge in [-0.2, -0.15) is 25.3 Å². The highest BCUT2D eigenvalue weighted by Gasteiger charge is 2.32. The fourth-order valence-corrected chi connectivity index (χ4v) is 6.50. The molecule has 0 bridgehead atoms. The largest absolute Gasteiger partial charge is 0.453 e. The van der Waals surface area contributed by atoms with E-state index in [-0.39, 0.29) is 33.2 Å². The Hall–Kier alpha value is -4.20. The summed E-state index contributed by atoms with van der Waals surface area (Å²) in [6.45, 7) is 4.73. The lowest BCUT2D eigenvalue weighted by Crippen LogP contribution is -2.32. The summed E-state index contributed by atoms with van der Waals surface area (Å²) in [6.07, 6.45) is 0. The van der Waals surface area contributed by atoms with Crippen LogP contribution in [0, 0.1) is 5.41 Å². The molecule has 0 saturated heterocycles. The van der Waals surface area contributed by atoms with Crippen LogP contribution in [0.1, 0.15) is 41.5 Å². The molecule has 0 fully saturated rings. The van der Waals surface area contributed by atoms with Crippen LogP contribution in [0.25, 0.3) is 33.4 Å². The van der Waals surface area contributed by atoms with E-state index >= 15 is 0 Å². The SMILES string of the molecule is CC.CC(=O)c1ccc(-c2c3ccc(=N)c(S(=O)(=O)O)c-3oc3c(S(=O)(=O)O)c(N)ccc23)c(C(=O)N(C)CCS(=O)(=O)O)c1. The summed E-state index contributed by atoms with van der Waals surface area (Å²) >= 11 is 0. The fraction of sp³-hybridized carbons (Fsp3) is 0.222. The zero-order chi connectivity index (χ0) is 34.2. The number of amides is 1. The second-order valence-corrected chi connectivity index (χ2v) is 13.7. The third-order valence-corrected chi connectivity index (χ3v) is 9.03.